The van der Waals surface area contributed by atoms with Gasteiger partial charge in [0.05, 0.1) is 5.69 Å². The number of nitrogens with zero attached hydrogens (tertiary/aromatic N) is 2. The van der Waals surface area contributed by atoms with E-state index in [0.717, 1.165) is 5.56 Å². The first-order valence-electron chi connectivity index (χ1n) is 6.62. The zero-order valence-electron chi connectivity index (χ0n) is 12.0. The number of hydrogen-bond donors (Lipinski definition) is 0. The molecule has 124 valence electrons. The molecule has 0 aliphatic rings. The Morgan fingerprint density at radius 3 is 2.39 bits per heavy atom. The van der Waals surface area contributed by atoms with Gasteiger partial charge in [0.1, 0.15) is 5.69 Å². The Hall–Kier alpha value is -2.16. The largest absolute Gasteiger partial charge is 0.534 e. The first-order valence-corrected chi connectivity index (χ1v) is 8.03. The van der Waals surface area contributed by atoms with Crippen molar-refractivity contribution in [1.82, 2.24) is 9.97 Å². The van der Waals surface area contributed by atoms with Crippen LogP contribution < -0.4 is 4.18 Å². The molecular formula is C14H13F3N2O3S. The van der Waals surface area contributed by atoms with Gasteiger partial charge in [0.2, 0.25) is 0 Å². The van der Waals surface area contributed by atoms with Crippen molar-refractivity contribution in [2.45, 2.75) is 25.3 Å². The van der Waals surface area contributed by atoms with Crippen LogP contribution in [-0.2, 0) is 23.0 Å². The molecule has 0 bridgehead atoms. The van der Waals surface area contributed by atoms with Crippen LogP contribution in [0.5, 0.6) is 5.88 Å². The third-order valence-corrected chi connectivity index (χ3v) is 3.85. The van der Waals surface area contributed by atoms with Gasteiger partial charge >= 0.3 is 15.6 Å². The first kappa shape index (κ1) is 17.2. The molecule has 9 heteroatoms. The van der Waals surface area contributed by atoms with E-state index in [-0.39, 0.29) is 12.1 Å². The van der Waals surface area contributed by atoms with Gasteiger partial charge in [0.25, 0.3) is 5.88 Å². The van der Waals surface area contributed by atoms with Crippen molar-refractivity contribution < 1.29 is 25.8 Å². The Morgan fingerprint density at radius 2 is 1.83 bits per heavy atom. The van der Waals surface area contributed by atoms with Crippen molar-refractivity contribution >= 4 is 10.1 Å². The fraction of sp³-hybridized carbons (Fsp3) is 0.286. The van der Waals surface area contributed by atoms with Crippen molar-refractivity contribution in [3.05, 3.63) is 53.5 Å². The minimum absolute atomic E-state index is 0.0150. The lowest BCUT2D eigenvalue weighted by molar-refractivity contribution is -0.0501. The molecule has 0 atom stereocenters. The summed E-state index contributed by atoms with van der Waals surface area (Å²) in [6.07, 6.45) is 1.85. The summed E-state index contributed by atoms with van der Waals surface area (Å²) in [5.41, 5.74) is -4.45. The third-order valence-electron chi connectivity index (χ3n) is 2.91. The van der Waals surface area contributed by atoms with Crippen molar-refractivity contribution in [2.75, 3.05) is 0 Å². The topological polar surface area (TPSA) is 69.2 Å². The van der Waals surface area contributed by atoms with E-state index in [2.05, 4.69) is 14.2 Å². The highest BCUT2D eigenvalue weighted by Gasteiger charge is 2.49. The number of hydrogen-bond acceptors (Lipinski definition) is 5. The highest BCUT2D eigenvalue weighted by molar-refractivity contribution is 7.87. The van der Waals surface area contributed by atoms with E-state index in [1.54, 1.807) is 37.3 Å². The summed E-state index contributed by atoms with van der Waals surface area (Å²) in [7, 11) is -5.79. The maximum absolute atomic E-state index is 12.5. The molecular weight excluding hydrogens is 333 g/mol. The molecule has 23 heavy (non-hydrogen) atoms. The Morgan fingerprint density at radius 1 is 1.17 bits per heavy atom. The smallest absolute Gasteiger partial charge is 0.353 e. The van der Waals surface area contributed by atoms with E-state index >= 15 is 0 Å². The molecule has 1 heterocycles. The fourth-order valence-corrected chi connectivity index (χ4v) is 2.17. The van der Waals surface area contributed by atoms with Crippen LogP contribution in [0.3, 0.4) is 0 Å². The van der Waals surface area contributed by atoms with Crippen LogP contribution >= 0.6 is 0 Å². The molecule has 0 radical (unpaired) electrons. The summed E-state index contributed by atoms with van der Waals surface area (Å²) in [5.74, 6) is -0.648. The molecule has 0 aliphatic heterocycles. The van der Waals surface area contributed by atoms with Crippen LogP contribution in [0.15, 0.2) is 36.5 Å². The second kappa shape index (κ2) is 6.53. The summed E-state index contributed by atoms with van der Waals surface area (Å²) in [5, 5.41) is 0. The normalized spacial score (nSPS) is 12.2. The van der Waals surface area contributed by atoms with E-state index in [9.17, 15) is 21.6 Å². The highest BCUT2D eigenvalue weighted by atomic mass is 32.2. The summed E-state index contributed by atoms with van der Waals surface area (Å²) < 4.78 is 64.1. The van der Waals surface area contributed by atoms with Gasteiger partial charge in [-0.25, -0.2) is 4.98 Å². The lowest BCUT2D eigenvalue weighted by Gasteiger charge is -2.12. The zero-order chi connectivity index (χ0) is 17.1. The van der Waals surface area contributed by atoms with E-state index in [4.69, 9.17) is 0 Å². The SMILES string of the molecule is CCc1cnc(Cc2ccccc2)c(OS(=O)(=O)C(F)(F)F)n1. The average Bonchev–Trinajstić information content (AvgIpc) is 2.48. The van der Waals surface area contributed by atoms with E-state index in [0.29, 0.717) is 12.1 Å². The van der Waals surface area contributed by atoms with Crippen molar-refractivity contribution in [3.63, 3.8) is 0 Å². The second-order valence-corrected chi connectivity index (χ2v) is 6.15. The van der Waals surface area contributed by atoms with Crippen LogP contribution in [-0.4, -0.2) is 23.9 Å². The molecule has 0 saturated heterocycles. The lowest BCUT2D eigenvalue weighted by Crippen LogP contribution is -2.29. The van der Waals surface area contributed by atoms with Crippen molar-refractivity contribution in [2.24, 2.45) is 0 Å². The number of aromatic nitrogens is 2. The lowest BCUT2D eigenvalue weighted by atomic mass is 10.1. The number of benzene rings is 1. The highest BCUT2D eigenvalue weighted by Crippen LogP contribution is 2.28. The molecule has 0 N–H and O–H groups in total. The Kier molecular flexibility index (Phi) is 4.88. The maximum atomic E-state index is 12.5. The van der Waals surface area contributed by atoms with Gasteiger partial charge in [-0.05, 0) is 12.0 Å². The summed E-state index contributed by atoms with van der Waals surface area (Å²) in [4.78, 5) is 7.81. The molecule has 0 saturated carbocycles. The van der Waals surface area contributed by atoms with Gasteiger partial charge in [0.15, 0.2) is 0 Å². The van der Waals surface area contributed by atoms with Gasteiger partial charge in [-0.15, -0.1) is 0 Å². The molecule has 5 nitrogen and oxygen atoms in total. The third kappa shape index (κ3) is 4.19. The van der Waals surface area contributed by atoms with Gasteiger partial charge in [-0.2, -0.15) is 21.6 Å². The minimum atomic E-state index is -5.79. The molecule has 1 aromatic carbocycles. The number of halogens is 3. The second-order valence-electron chi connectivity index (χ2n) is 4.61. The van der Waals surface area contributed by atoms with Crippen LogP contribution in [0.2, 0.25) is 0 Å². The number of alkyl halides is 3. The van der Waals surface area contributed by atoms with Crippen LogP contribution in [0.25, 0.3) is 0 Å². The average molecular weight is 346 g/mol. The standard InChI is InChI=1S/C14H13F3N2O3S/c1-2-11-9-18-12(8-10-6-4-3-5-7-10)13(19-11)22-23(20,21)14(15,16)17/h3-7,9H,2,8H2,1H3. The van der Waals surface area contributed by atoms with Gasteiger partial charge in [-0.1, -0.05) is 37.3 Å². The van der Waals surface area contributed by atoms with Crippen LogP contribution in [0.1, 0.15) is 23.9 Å². The van der Waals surface area contributed by atoms with Gasteiger partial charge in [0, 0.05) is 12.6 Å². The Balaban J connectivity index is 2.40. The number of rotatable bonds is 5. The van der Waals surface area contributed by atoms with E-state index in [1.165, 1.54) is 6.20 Å². The maximum Gasteiger partial charge on any atom is 0.534 e. The monoisotopic (exact) mass is 346 g/mol. The summed E-state index contributed by atoms with van der Waals surface area (Å²) >= 11 is 0. The van der Waals surface area contributed by atoms with Crippen LogP contribution in [0, 0.1) is 0 Å². The summed E-state index contributed by atoms with van der Waals surface area (Å²) in [6, 6.07) is 8.74. The van der Waals surface area contributed by atoms with E-state index in [1.807, 2.05) is 0 Å². The molecule has 1 aromatic heterocycles. The summed E-state index contributed by atoms with van der Waals surface area (Å²) in [6.45, 7) is 1.71. The molecule has 2 aromatic rings. The number of aryl methyl sites for hydroxylation is 1. The molecule has 2 rings (SSSR count). The Labute approximate surface area is 131 Å². The Bertz CT molecular complexity index is 778. The van der Waals surface area contributed by atoms with Crippen molar-refractivity contribution in [1.29, 1.82) is 0 Å². The molecule has 0 fully saturated rings. The first-order chi connectivity index (χ1) is 10.7. The molecule has 0 aliphatic carbocycles. The van der Waals surface area contributed by atoms with Gasteiger partial charge in [-0.3, -0.25) is 4.98 Å². The predicted molar refractivity (Wildman–Crippen MR) is 76.3 cm³/mol. The molecule has 0 spiro atoms. The van der Waals surface area contributed by atoms with Gasteiger partial charge < -0.3 is 4.18 Å². The zero-order valence-corrected chi connectivity index (χ0v) is 12.9. The quantitative estimate of drug-likeness (QED) is 0.615. The van der Waals surface area contributed by atoms with E-state index < -0.39 is 21.5 Å². The minimum Gasteiger partial charge on any atom is -0.353 e. The van der Waals surface area contributed by atoms with Crippen LogP contribution in [0.4, 0.5) is 13.2 Å². The van der Waals surface area contributed by atoms with Crippen molar-refractivity contribution in [3.8, 4) is 5.88 Å². The molecule has 0 amide bonds. The molecule has 0 unspecified atom stereocenters. The predicted octanol–water partition coefficient (Wildman–Crippen LogP) is 2.86. The fourth-order valence-electron chi connectivity index (χ4n) is 1.73.